The van der Waals surface area contributed by atoms with E-state index in [0.29, 0.717) is 0 Å². The summed E-state index contributed by atoms with van der Waals surface area (Å²) in [5, 5.41) is 9.86. The Balaban J connectivity index is 3.70. The molecule has 0 aromatic carbocycles. The van der Waals surface area contributed by atoms with Crippen LogP contribution in [0.5, 0.6) is 0 Å². The predicted molar refractivity (Wildman–Crippen MR) is 29.6 cm³/mol. The summed E-state index contributed by atoms with van der Waals surface area (Å²) < 4.78 is 34.4. The van der Waals surface area contributed by atoms with Gasteiger partial charge in [0.1, 0.15) is 0 Å². The van der Waals surface area contributed by atoms with Crippen molar-refractivity contribution in [3.63, 3.8) is 0 Å². The number of halogens is 3. The highest BCUT2D eigenvalue weighted by Gasteiger charge is 2.37. The lowest BCUT2D eigenvalue weighted by Gasteiger charge is -2.13. The first-order valence-electron chi connectivity index (χ1n) is 2.62. The van der Waals surface area contributed by atoms with Crippen LogP contribution in [-0.2, 0) is 0 Å². The third-order valence-corrected chi connectivity index (χ3v) is 0.847. The quantitative estimate of drug-likeness (QED) is 0.529. The second-order valence-corrected chi connectivity index (χ2v) is 1.80. The molecule has 0 aliphatic carbocycles. The number of amides is 2. The van der Waals surface area contributed by atoms with Gasteiger partial charge in [-0.05, 0) is 0 Å². The van der Waals surface area contributed by atoms with Gasteiger partial charge in [-0.1, -0.05) is 0 Å². The number of nitrogens with one attached hydrogen (secondary N) is 1. The second-order valence-electron chi connectivity index (χ2n) is 1.80. The maximum Gasteiger partial charge on any atom is 0.416 e. The van der Waals surface area contributed by atoms with Crippen LogP contribution in [0.4, 0.5) is 18.0 Å². The molecule has 1 atom stereocenters. The van der Waals surface area contributed by atoms with Gasteiger partial charge in [0.05, 0.1) is 6.54 Å². The molecule has 0 saturated carbocycles. The Bertz CT molecular complexity index is 147. The Morgan fingerprint density at radius 3 is 2.36 bits per heavy atom. The molecule has 0 spiro atoms. The van der Waals surface area contributed by atoms with Crippen molar-refractivity contribution in [1.29, 1.82) is 0 Å². The monoisotopic (exact) mass is 172 g/mol. The van der Waals surface area contributed by atoms with Crippen LogP contribution in [0.15, 0.2) is 0 Å². The Hall–Kier alpha value is -0.980. The van der Waals surface area contributed by atoms with Crippen LogP contribution in [0.3, 0.4) is 0 Å². The number of alkyl halides is 3. The average Bonchev–Trinajstić information content (AvgIpc) is 1.80. The van der Waals surface area contributed by atoms with Gasteiger partial charge >= 0.3 is 12.2 Å². The largest absolute Gasteiger partial charge is 0.416 e. The summed E-state index contributed by atoms with van der Waals surface area (Å²) in [7, 11) is 0. The minimum atomic E-state index is -4.72. The van der Waals surface area contributed by atoms with Crippen molar-refractivity contribution in [2.45, 2.75) is 12.3 Å². The first-order chi connectivity index (χ1) is 4.84. The minimum Gasteiger partial charge on any atom is -0.382 e. The molecule has 0 saturated heterocycles. The highest BCUT2D eigenvalue weighted by atomic mass is 19.4. The van der Waals surface area contributed by atoms with E-state index in [1.165, 1.54) is 0 Å². The topological polar surface area (TPSA) is 75.4 Å². The Morgan fingerprint density at radius 1 is 1.64 bits per heavy atom. The Labute approximate surface area is 60.2 Å². The number of hydrogen-bond donors (Lipinski definition) is 3. The number of aliphatic hydroxyl groups is 1. The molecule has 0 rings (SSSR count). The van der Waals surface area contributed by atoms with E-state index in [9.17, 15) is 18.0 Å². The number of carbonyl (C=O) groups excluding carboxylic acids is 1. The predicted octanol–water partition coefficient (Wildman–Crippen LogP) is -0.422. The van der Waals surface area contributed by atoms with Crippen LogP contribution < -0.4 is 11.1 Å². The first kappa shape index (κ1) is 10.0. The summed E-state index contributed by atoms with van der Waals surface area (Å²) in [6, 6.07) is -1.10. The van der Waals surface area contributed by atoms with Crippen molar-refractivity contribution in [3.8, 4) is 0 Å². The van der Waals surface area contributed by atoms with Crippen LogP contribution in [0.25, 0.3) is 0 Å². The normalized spacial score (nSPS) is 14.2. The molecule has 66 valence electrons. The molecule has 0 heterocycles. The molecule has 0 aromatic heterocycles. The molecule has 11 heavy (non-hydrogen) atoms. The molecule has 0 aliphatic rings. The molecule has 4 N–H and O–H groups in total. The SMILES string of the molecule is NC(=O)NCC(O)C(F)(F)F. The molecule has 1 unspecified atom stereocenters. The summed E-state index contributed by atoms with van der Waals surface area (Å²) in [5.74, 6) is 0. The van der Waals surface area contributed by atoms with Gasteiger partial charge < -0.3 is 16.2 Å². The van der Waals surface area contributed by atoms with Crippen molar-refractivity contribution in [3.05, 3.63) is 0 Å². The molecule has 4 nitrogen and oxygen atoms in total. The maximum absolute atomic E-state index is 11.5. The fourth-order valence-electron chi connectivity index (χ4n) is 0.313. The number of hydrogen-bond acceptors (Lipinski definition) is 2. The van der Waals surface area contributed by atoms with Crippen molar-refractivity contribution in [2.75, 3.05) is 6.54 Å². The fraction of sp³-hybridized carbons (Fsp3) is 0.750. The molecule has 0 radical (unpaired) electrons. The van der Waals surface area contributed by atoms with Gasteiger partial charge in [-0.2, -0.15) is 13.2 Å². The van der Waals surface area contributed by atoms with Gasteiger partial charge in [-0.25, -0.2) is 4.79 Å². The van der Waals surface area contributed by atoms with Crippen molar-refractivity contribution >= 4 is 6.03 Å². The number of rotatable bonds is 2. The summed E-state index contributed by atoms with van der Waals surface area (Å²) >= 11 is 0. The van der Waals surface area contributed by atoms with Gasteiger partial charge in [0.25, 0.3) is 0 Å². The second kappa shape index (κ2) is 3.42. The number of urea groups is 1. The van der Waals surface area contributed by atoms with Crippen LogP contribution in [-0.4, -0.2) is 30.0 Å². The summed E-state index contributed by atoms with van der Waals surface area (Å²) in [5.41, 5.74) is 4.46. The highest BCUT2D eigenvalue weighted by molar-refractivity contribution is 5.71. The van der Waals surface area contributed by atoms with Crippen molar-refractivity contribution < 1.29 is 23.1 Å². The molecule has 0 aliphatic heterocycles. The Morgan fingerprint density at radius 2 is 2.09 bits per heavy atom. The lowest BCUT2D eigenvalue weighted by molar-refractivity contribution is -0.201. The smallest absolute Gasteiger partial charge is 0.382 e. The van der Waals surface area contributed by atoms with Crippen LogP contribution >= 0.6 is 0 Å². The van der Waals surface area contributed by atoms with Crippen LogP contribution in [0.2, 0.25) is 0 Å². The summed E-state index contributed by atoms with van der Waals surface area (Å²) in [6.45, 7) is -0.918. The van der Waals surface area contributed by atoms with E-state index in [1.54, 1.807) is 5.32 Å². The van der Waals surface area contributed by atoms with Gasteiger partial charge in [0.15, 0.2) is 6.10 Å². The van der Waals surface area contributed by atoms with E-state index < -0.39 is 24.9 Å². The van der Waals surface area contributed by atoms with E-state index in [2.05, 4.69) is 5.73 Å². The van der Waals surface area contributed by atoms with Gasteiger partial charge in [-0.3, -0.25) is 0 Å². The van der Waals surface area contributed by atoms with Crippen molar-refractivity contribution in [1.82, 2.24) is 5.32 Å². The third-order valence-electron chi connectivity index (χ3n) is 0.847. The zero-order valence-corrected chi connectivity index (χ0v) is 5.35. The van der Waals surface area contributed by atoms with Gasteiger partial charge in [0.2, 0.25) is 0 Å². The lowest BCUT2D eigenvalue weighted by Crippen LogP contribution is -2.42. The molecule has 7 heteroatoms. The Kier molecular flexibility index (Phi) is 3.12. The molecular formula is C4H7F3N2O2. The number of aliphatic hydroxyl groups excluding tert-OH is 1. The van der Waals surface area contributed by atoms with Crippen molar-refractivity contribution in [2.24, 2.45) is 5.73 Å². The molecule has 0 bridgehead atoms. The molecule has 2 amide bonds. The maximum atomic E-state index is 11.5. The first-order valence-corrected chi connectivity index (χ1v) is 2.62. The standard InChI is InChI=1S/C4H7F3N2O2/c5-4(6,7)2(10)1-9-3(8)11/h2,10H,1H2,(H3,8,9,11). The number of nitrogens with two attached hydrogens (primary N) is 1. The van der Waals surface area contributed by atoms with Gasteiger partial charge in [0, 0.05) is 0 Å². The van der Waals surface area contributed by atoms with E-state index >= 15 is 0 Å². The zero-order valence-electron chi connectivity index (χ0n) is 5.35. The fourth-order valence-corrected chi connectivity index (χ4v) is 0.313. The van der Waals surface area contributed by atoms with E-state index in [1.807, 2.05) is 0 Å². The van der Waals surface area contributed by atoms with E-state index in [-0.39, 0.29) is 0 Å². The third kappa shape index (κ3) is 4.43. The highest BCUT2D eigenvalue weighted by Crippen LogP contribution is 2.18. The molecule has 0 aromatic rings. The van der Waals surface area contributed by atoms with E-state index in [0.717, 1.165) is 0 Å². The molecular weight excluding hydrogens is 165 g/mol. The zero-order chi connectivity index (χ0) is 9.07. The van der Waals surface area contributed by atoms with Crippen LogP contribution in [0, 0.1) is 0 Å². The number of primary amides is 1. The van der Waals surface area contributed by atoms with E-state index in [4.69, 9.17) is 5.11 Å². The minimum absolute atomic E-state index is 0.918. The lowest BCUT2D eigenvalue weighted by atomic mass is 10.3. The average molecular weight is 172 g/mol. The molecule has 0 fully saturated rings. The van der Waals surface area contributed by atoms with Gasteiger partial charge in [-0.15, -0.1) is 0 Å². The summed E-state index contributed by atoms with van der Waals surface area (Å²) in [4.78, 5) is 9.86. The number of carbonyl (C=O) groups is 1. The van der Waals surface area contributed by atoms with Crippen LogP contribution in [0.1, 0.15) is 0 Å². The summed E-state index contributed by atoms with van der Waals surface area (Å²) in [6.07, 6.45) is -7.28.